The van der Waals surface area contributed by atoms with Gasteiger partial charge in [0.2, 0.25) is 0 Å². The zero-order valence-corrected chi connectivity index (χ0v) is 12.2. The summed E-state index contributed by atoms with van der Waals surface area (Å²) in [6.07, 6.45) is 3.50. The molecular weight excluding hydrogens is 246 g/mol. The van der Waals surface area contributed by atoms with E-state index in [1.54, 1.807) is 0 Å². The second-order valence-corrected chi connectivity index (χ2v) is 5.47. The van der Waals surface area contributed by atoms with Crippen LogP contribution in [0.2, 0.25) is 0 Å². The third-order valence-corrected chi connectivity index (χ3v) is 3.65. The summed E-state index contributed by atoms with van der Waals surface area (Å²) in [5.74, 6) is 9.37. The minimum atomic E-state index is 0.398. The van der Waals surface area contributed by atoms with Crippen molar-refractivity contribution in [2.75, 3.05) is 22.2 Å². The minimum absolute atomic E-state index is 0.398. The first kappa shape index (κ1) is 15.0. The molecular formula is C12H23N5S. The molecule has 4 N–H and O–H groups in total. The van der Waals surface area contributed by atoms with Gasteiger partial charge in [-0.25, -0.2) is 15.8 Å². The van der Waals surface area contributed by atoms with Crippen LogP contribution in [-0.4, -0.2) is 27.5 Å². The first-order valence-corrected chi connectivity index (χ1v) is 7.53. The molecule has 1 rings (SSSR count). The smallest absolute Gasteiger partial charge is 0.148 e. The minimum Gasteiger partial charge on any atom is -0.367 e. The Balaban J connectivity index is 2.65. The maximum atomic E-state index is 5.45. The van der Waals surface area contributed by atoms with E-state index in [9.17, 15) is 0 Å². The van der Waals surface area contributed by atoms with Crippen LogP contribution in [0.25, 0.3) is 0 Å². The van der Waals surface area contributed by atoms with Crippen LogP contribution in [0.15, 0.2) is 6.33 Å². The maximum absolute atomic E-state index is 5.45. The summed E-state index contributed by atoms with van der Waals surface area (Å²) in [5.41, 5.74) is 3.65. The van der Waals surface area contributed by atoms with Crippen LogP contribution in [0.4, 0.5) is 11.6 Å². The van der Waals surface area contributed by atoms with Crippen LogP contribution in [-0.2, 0) is 6.42 Å². The van der Waals surface area contributed by atoms with Crippen molar-refractivity contribution in [1.29, 1.82) is 0 Å². The zero-order chi connectivity index (χ0) is 13.4. The van der Waals surface area contributed by atoms with Crippen molar-refractivity contribution in [2.45, 2.75) is 39.7 Å². The van der Waals surface area contributed by atoms with Crippen LogP contribution < -0.4 is 16.6 Å². The predicted molar refractivity (Wildman–Crippen MR) is 79.9 cm³/mol. The van der Waals surface area contributed by atoms with E-state index in [4.69, 9.17) is 5.84 Å². The Morgan fingerprint density at radius 1 is 1.33 bits per heavy atom. The van der Waals surface area contributed by atoms with Crippen molar-refractivity contribution in [3.05, 3.63) is 11.9 Å². The lowest BCUT2D eigenvalue weighted by molar-refractivity contribution is 0.762. The molecule has 0 radical (unpaired) electrons. The van der Waals surface area contributed by atoms with Crippen LogP contribution >= 0.6 is 11.8 Å². The van der Waals surface area contributed by atoms with Gasteiger partial charge in [0.25, 0.3) is 0 Å². The highest BCUT2D eigenvalue weighted by atomic mass is 32.2. The fourth-order valence-corrected chi connectivity index (χ4v) is 2.51. The predicted octanol–water partition coefficient (Wildman–Crippen LogP) is 2.27. The van der Waals surface area contributed by atoms with Gasteiger partial charge in [0.1, 0.15) is 18.0 Å². The van der Waals surface area contributed by atoms with Gasteiger partial charge in [-0.1, -0.05) is 13.8 Å². The van der Waals surface area contributed by atoms with Crippen LogP contribution in [0.3, 0.4) is 0 Å². The van der Waals surface area contributed by atoms with Crippen molar-refractivity contribution < 1.29 is 0 Å². The van der Waals surface area contributed by atoms with E-state index < -0.39 is 0 Å². The Morgan fingerprint density at radius 2 is 2.06 bits per heavy atom. The number of nitrogens with zero attached hydrogens (tertiary/aromatic N) is 2. The topological polar surface area (TPSA) is 75.9 Å². The molecule has 5 nitrogen and oxygen atoms in total. The van der Waals surface area contributed by atoms with Gasteiger partial charge in [0, 0.05) is 11.6 Å². The molecule has 0 aliphatic carbocycles. The number of hydrazine groups is 1. The molecule has 102 valence electrons. The van der Waals surface area contributed by atoms with Gasteiger partial charge in [-0.2, -0.15) is 11.8 Å². The molecule has 1 aromatic heterocycles. The molecule has 0 saturated carbocycles. The second-order valence-electron chi connectivity index (χ2n) is 4.08. The number of aromatic nitrogens is 2. The van der Waals surface area contributed by atoms with Gasteiger partial charge < -0.3 is 10.7 Å². The highest BCUT2D eigenvalue weighted by molar-refractivity contribution is 7.99. The molecule has 1 atom stereocenters. The number of nitrogen functional groups attached to an aromatic ring is 1. The van der Waals surface area contributed by atoms with Gasteiger partial charge in [-0.15, -0.1) is 0 Å². The first-order valence-electron chi connectivity index (χ1n) is 6.37. The Hall–Kier alpha value is -1.01. The maximum Gasteiger partial charge on any atom is 0.148 e. The largest absolute Gasteiger partial charge is 0.367 e. The Labute approximate surface area is 113 Å². The van der Waals surface area contributed by atoms with E-state index in [0.717, 1.165) is 24.2 Å². The summed E-state index contributed by atoms with van der Waals surface area (Å²) in [7, 11) is 0. The van der Waals surface area contributed by atoms with Crippen LogP contribution in [0.1, 0.15) is 32.8 Å². The fourth-order valence-electron chi connectivity index (χ4n) is 1.71. The second kappa shape index (κ2) is 8.16. The van der Waals surface area contributed by atoms with Crippen molar-refractivity contribution in [2.24, 2.45) is 5.84 Å². The lowest BCUT2D eigenvalue weighted by Gasteiger charge is -2.17. The molecule has 0 aliphatic heterocycles. The average molecular weight is 269 g/mol. The van der Waals surface area contributed by atoms with Crippen molar-refractivity contribution in [3.63, 3.8) is 0 Å². The molecule has 0 bridgehead atoms. The van der Waals surface area contributed by atoms with Gasteiger partial charge in [0.05, 0.1) is 0 Å². The lowest BCUT2D eigenvalue weighted by atomic mass is 10.2. The number of nitrogens with one attached hydrogen (secondary N) is 2. The van der Waals surface area contributed by atoms with Gasteiger partial charge >= 0.3 is 0 Å². The zero-order valence-electron chi connectivity index (χ0n) is 11.4. The molecule has 0 fully saturated rings. The summed E-state index contributed by atoms with van der Waals surface area (Å²) in [6.45, 7) is 6.43. The first-order chi connectivity index (χ1) is 8.72. The van der Waals surface area contributed by atoms with Crippen LogP contribution in [0, 0.1) is 0 Å². The summed E-state index contributed by atoms with van der Waals surface area (Å²) in [5, 5.41) is 3.44. The third kappa shape index (κ3) is 4.34. The highest BCUT2D eigenvalue weighted by Crippen LogP contribution is 2.20. The van der Waals surface area contributed by atoms with Gasteiger partial charge in [-0.3, -0.25) is 0 Å². The third-order valence-electron chi connectivity index (χ3n) is 2.72. The van der Waals surface area contributed by atoms with Crippen molar-refractivity contribution >= 4 is 23.4 Å². The number of hydrogen-bond acceptors (Lipinski definition) is 6. The average Bonchev–Trinajstić information content (AvgIpc) is 2.38. The Kier molecular flexibility index (Phi) is 6.82. The van der Waals surface area contributed by atoms with Gasteiger partial charge in [-0.05, 0) is 31.3 Å². The molecule has 1 aromatic rings. The number of rotatable bonds is 8. The summed E-state index contributed by atoms with van der Waals surface area (Å²) >= 11 is 1.96. The summed E-state index contributed by atoms with van der Waals surface area (Å²) < 4.78 is 0. The quantitative estimate of drug-likeness (QED) is 0.382. The van der Waals surface area contributed by atoms with E-state index in [1.807, 2.05) is 11.8 Å². The number of hydrogen-bond donors (Lipinski definition) is 3. The molecule has 0 spiro atoms. The van der Waals surface area contributed by atoms with Crippen molar-refractivity contribution in [1.82, 2.24) is 9.97 Å². The summed E-state index contributed by atoms with van der Waals surface area (Å²) in [4.78, 5) is 8.42. The van der Waals surface area contributed by atoms with E-state index >= 15 is 0 Å². The van der Waals surface area contributed by atoms with Crippen molar-refractivity contribution in [3.8, 4) is 0 Å². The molecule has 0 aliphatic rings. The summed E-state index contributed by atoms with van der Waals surface area (Å²) in [6, 6.07) is 0.398. The highest BCUT2D eigenvalue weighted by Gasteiger charge is 2.11. The fraction of sp³-hybridized carbons (Fsp3) is 0.667. The van der Waals surface area contributed by atoms with E-state index in [0.29, 0.717) is 11.9 Å². The Bertz CT molecular complexity index is 358. The number of anilines is 2. The molecule has 0 saturated heterocycles. The molecule has 1 heterocycles. The van der Waals surface area contributed by atoms with Gasteiger partial charge in [0.15, 0.2) is 0 Å². The molecule has 18 heavy (non-hydrogen) atoms. The van der Waals surface area contributed by atoms with E-state index in [2.05, 4.69) is 41.5 Å². The molecule has 0 amide bonds. The lowest BCUT2D eigenvalue weighted by Crippen LogP contribution is -2.20. The van der Waals surface area contributed by atoms with E-state index in [1.165, 1.54) is 17.8 Å². The Morgan fingerprint density at radius 3 is 2.67 bits per heavy atom. The number of thioether (sulfide) groups is 1. The van der Waals surface area contributed by atoms with E-state index in [-0.39, 0.29) is 0 Å². The number of nitrogens with two attached hydrogens (primary N) is 1. The molecule has 0 aromatic carbocycles. The van der Waals surface area contributed by atoms with Crippen LogP contribution in [0.5, 0.6) is 0 Å². The molecule has 6 heteroatoms. The monoisotopic (exact) mass is 269 g/mol. The normalized spacial score (nSPS) is 12.2. The standard InChI is InChI=1S/C12H23N5S/c1-4-10-11(14-8-15-12(10)17-13)16-9(3)6-7-18-5-2/h8-9H,4-7,13H2,1-3H3,(H2,14,15,16,17). The molecule has 1 unspecified atom stereocenters. The SMILES string of the molecule is CCSCCC(C)Nc1ncnc(NN)c1CC.